The number of nitrogens with zero attached hydrogens (tertiary/aromatic N) is 3. The van der Waals surface area contributed by atoms with Crippen LogP contribution in [0.25, 0.3) is 0 Å². The Labute approximate surface area is 124 Å². The molecule has 0 amide bonds. The van der Waals surface area contributed by atoms with E-state index in [9.17, 15) is 9.90 Å². The average Bonchev–Trinajstić information content (AvgIpc) is 3.02. The predicted octanol–water partition coefficient (Wildman–Crippen LogP) is 3.12. The summed E-state index contributed by atoms with van der Waals surface area (Å²) in [6.07, 6.45) is 2.11. The lowest BCUT2D eigenvalue weighted by Gasteiger charge is -2.14. The number of carboxylic acids is 1. The predicted molar refractivity (Wildman–Crippen MR) is 80.0 cm³/mol. The summed E-state index contributed by atoms with van der Waals surface area (Å²) < 4.78 is 0. The quantitative estimate of drug-likeness (QED) is 0.919. The number of anilines is 1. The lowest BCUT2D eigenvalue weighted by molar-refractivity contribution is 0.0700. The number of hydrogen-bond donors (Lipinski definition) is 1. The van der Waals surface area contributed by atoms with Gasteiger partial charge < -0.3 is 10.0 Å². The van der Waals surface area contributed by atoms with Gasteiger partial charge in [-0.15, -0.1) is 11.3 Å². The topological polar surface area (TPSA) is 66.3 Å². The Hall–Kier alpha value is -1.47. The van der Waals surface area contributed by atoms with E-state index in [1.165, 1.54) is 16.2 Å². The molecule has 1 N–H and O–H groups in total. The fraction of sp³-hybridized carbons (Fsp3) is 0.462. The van der Waals surface area contributed by atoms with Crippen molar-refractivity contribution in [2.75, 3.05) is 11.9 Å². The Kier molecular flexibility index (Phi) is 3.47. The Morgan fingerprint density at radius 3 is 2.85 bits per heavy atom. The number of thiazole rings is 2. The van der Waals surface area contributed by atoms with Gasteiger partial charge in [0.15, 0.2) is 5.13 Å². The molecule has 2 aromatic rings. The Bertz CT molecular complexity index is 646. The molecule has 0 saturated heterocycles. The van der Waals surface area contributed by atoms with Crippen LogP contribution in [0, 0.1) is 6.92 Å². The van der Waals surface area contributed by atoms with Crippen molar-refractivity contribution in [3.63, 3.8) is 0 Å². The molecule has 0 bridgehead atoms. The van der Waals surface area contributed by atoms with Crippen LogP contribution in [-0.4, -0.2) is 28.1 Å². The second kappa shape index (κ2) is 5.14. The summed E-state index contributed by atoms with van der Waals surface area (Å²) in [5, 5.41) is 10.1. The van der Waals surface area contributed by atoms with Crippen LogP contribution in [0.5, 0.6) is 0 Å². The minimum atomic E-state index is -0.863. The molecule has 0 atom stereocenters. The van der Waals surface area contributed by atoms with Crippen molar-refractivity contribution in [3.8, 4) is 0 Å². The van der Waals surface area contributed by atoms with Crippen molar-refractivity contribution < 1.29 is 9.90 Å². The van der Waals surface area contributed by atoms with E-state index >= 15 is 0 Å². The molecule has 0 unspecified atom stereocenters. The number of aryl methyl sites for hydroxylation is 1. The smallest absolute Gasteiger partial charge is 0.347 e. The normalized spacial score (nSPS) is 14.5. The highest BCUT2D eigenvalue weighted by Crippen LogP contribution is 2.44. The highest BCUT2D eigenvalue weighted by Gasteiger charge is 2.32. The summed E-state index contributed by atoms with van der Waals surface area (Å²) in [6.45, 7) is 2.70. The number of rotatable bonds is 5. The highest BCUT2D eigenvalue weighted by atomic mass is 32.1. The first-order valence-electron chi connectivity index (χ1n) is 6.40. The second-order valence-corrected chi connectivity index (χ2v) is 6.92. The lowest BCUT2D eigenvalue weighted by atomic mass is 10.2. The van der Waals surface area contributed by atoms with Crippen LogP contribution in [0.4, 0.5) is 5.13 Å². The molecule has 3 rings (SSSR count). The molecule has 2 aromatic heterocycles. The number of carboxylic acid groups (broad SMARTS) is 1. The fourth-order valence-corrected chi connectivity index (χ4v) is 3.81. The van der Waals surface area contributed by atoms with Gasteiger partial charge in [0.25, 0.3) is 0 Å². The number of carbonyl (C=O) groups is 1. The number of aromatic nitrogens is 2. The van der Waals surface area contributed by atoms with Crippen LogP contribution in [0.2, 0.25) is 0 Å². The van der Waals surface area contributed by atoms with Crippen molar-refractivity contribution in [2.24, 2.45) is 0 Å². The Morgan fingerprint density at radius 2 is 2.30 bits per heavy atom. The largest absolute Gasteiger partial charge is 0.477 e. The van der Waals surface area contributed by atoms with Crippen molar-refractivity contribution in [3.05, 3.63) is 26.7 Å². The molecule has 0 aromatic carbocycles. The molecule has 20 heavy (non-hydrogen) atoms. The van der Waals surface area contributed by atoms with Crippen LogP contribution in [0.15, 0.2) is 5.51 Å². The molecule has 1 fully saturated rings. The summed E-state index contributed by atoms with van der Waals surface area (Å²) in [4.78, 5) is 23.7. The molecule has 7 heteroatoms. The van der Waals surface area contributed by atoms with Crippen LogP contribution in [0.3, 0.4) is 0 Å². The number of hydrogen-bond acceptors (Lipinski definition) is 6. The molecule has 0 aliphatic heterocycles. The van der Waals surface area contributed by atoms with E-state index < -0.39 is 5.97 Å². The van der Waals surface area contributed by atoms with Gasteiger partial charge in [-0.3, -0.25) is 0 Å². The Morgan fingerprint density at radius 1 is 1.55 bits per heavy atom. The monoisotopic (exact) mass is 309 g/mol. The summed E-state index contributed by atoms with van der Waals surface area (Å²) in [6, 6.07) is 0. The van der Waals surface area contributed by atoms with Crippen molar-refractivity contribution in [1.29, 1.82) is 0 Å². The summed E-state index contributed by atoms with van der Waals surface area (Å²) in [7, 11) is 1.94. The van der Waals surface area contributed by atoms with Gasteiger partial charge in [0, 0.05) is 17.8 Å². The summed E-state index contributed by atoms with van der Waals surface area (Å²) >= 11 is 2.89. The van der Waals surface area contributed by atoms with Crippen LogP contribution in [0.1, 0.15) is 44.7 Å². The molecule has 106 valence electrons. The second-order valence-electron chi connectivity index (χ2n) is 5.01. The molecule has 2 heterocycles. The molecular formula is C13H15N3O2S2. The maximum Gasteiger partial charge on any atom is 0.347 e. The van der Waals surface area contributed by atoms with Gasteiger partial charge in [-0.05, 0) is 19.8 Å². The first-order valence-corrected chi connectivity index (χ1v) is 8.10. The van der Waals surface area contributed by atoms with Gasteiger partial charge in [0.2, 0.25) is 0 Å². The van der Waals surface area contributed by atoms with Gasteiger partial charge in [-0.25, -0.2) is 14.8 Å². The number of aromatic carboxylic acids is 1. The zero-order valence-electron chi connectivity index (χ0n) is 11.3. The highest BCUT2D eigenvalue weighted by molar-refractivity contribution is 7.17. The molecule has 1 saturated carbocycles. The van der Waals surface area contributed by atoms with Gasteiger partial charge >= 0.3 is 5.97 Å². The van der Waals surface area contributed by atoms with Gasteiger partial charge in [-0.2, -0.15) is 0 Å². The van der Waals surface area contributed by atoms with E-state index in [1.807, 2.05) is 24.4 Å². The van der Waals surface area contributed by atoms with Crippen LogP contribution >= 0.6 is 22.7 Å². The zero-order valence-corrected chi connectivity index (χ0v) is 12.9. The first-order chi connectivity index (χ1) is 9.56. The van der Waals surface area contributed by atoms with Crippen molar-refractivity contribution in [2.45, 2.75) is 32.2 Å². The maximum absolute atomic E-state index is 11.3. The third-order valence-electron chi connectivity index (χ3n) is 3.35. The zero-order chi connectivity index (χ0) is 14.3. The Balaban J connectivity index is 1.84. The molecule has 5 nitrogen and oxygen atoms in total. The van der Waals surface area contributed by atoms with Gasteiger partial charge in [0.1, 0.15) is 4.88 Å². The van der Waals surface area contributed by atoms with Gasteiger partial charge in [-0.1, -0.05) is 11.3 Å². The molecular weight excluding hydrogens is 294 g/mol. The van der Waals surface area contributed by atoms with E-state index in [0.29, 0.717) is 17.3 Å². The third kappa shape index (κ3) is 2.55. The minimum absolute atomic E-state index is 0.352. The van der Waals surface area contributed by atoms with Crippen LogP contribution < -0.4 is 4.90 Å². The summed E-state index contributed by atoms with van der Waals surface area (Å²) in [5.41, 5.74) is 3.63. The fourth-order valence-electron chi connectivity index (χ4n) is 2.03. The molecule has 0 spiro atoms. The van der Waals surface area contributed by atoms with Crippen LogP contribution in [-0.2, 0) is 6.54 Å². The van der Waals surface area contributed by atoms with Gasteiger partial charge in [0.05, 0.1) is 23.4 Å². The van der Waals surface area contributed by atoms with E-state index in [2.05, 4.69) is 9.97 Å². The molecule has 0 radical (unpaired) electrons. The van der Waals surface area contributed by atoms with E-state index in [4.69, 9.17) is 0 Å². The maximum atomic E-state index is 11.3. The van der Waals surface area contributed by atoms with E-state index in [0.717, 1.165) is 29.4 Å². The summed E-state index contributed by atoms with van der Waals surface area (Å²) in [5.74, 6) is -0.511. The third-order valence-corrected chi connectivity index (χ3v) is 5.45. The molecule has 1 aliphatic carbocycles. The average molecular weight is 309 g/mol. The standard InChI is InChI=1S/C13H15N3O2S2/c1-7-9(19-6-14-7)5-16(2)13-15-10(8-3-4-8)11(20-13)12(17)18/h6,8H,3-5H2,1-2H3,(H,17,18). The SMILES string of the molecule is Cc1ncsc1CN(C)c1nc(C2CC2)c(C(=O)O)s1. The first kappa shape index (κ1) is 13.5. The van der Waals surface area contributed by atoms with E-state index in [-0.39, 0.29) is 0 Å². The lowest BCUT2D eigenvalue weighted by Crippen LogP contribution is -2.15. The molecule has 1 aliphatic rings. The van der Waals surface area contributed by atoms with E-state index in [1.54, 1.807) is 11.3 Å². The minimum Gasteiger partial charge on any atom is -0.477 e. The van der Waals surface area contributed by atoms with Crippen molar-refractivity contribution >= 4 is 33.8 Å². The van der Waals surface area contributed by atoms with Crippen molar-refractivity contribution in [1.82, 2.24) is 9.97 Å².